The standard InChI is InChI=1S/C22H18N4O4.C12H10N4O3.C10H10O2.ClH/c1-30-22(29)19-16-10-23-26-21(28)15-7-12(8-17(25-19)18(15)16)24-20(27)14-9-13(14)11-5-3-2-4-6-11;1-19-12(18)10-7-4-14-16-11(17)6-2-5(13)3-8(15-10)9(6)7;11-10(12)9-6-8(9)7-4-2-1-3-5-7;/h2-8,10,13-14,25H,9H2,1H3,(H,24,27)(H,26,28);2-4,15H,13H2,1H3,(H,16,17);1-5,8-9H,6H2,(H,11,12);1H/t13-,14+;;8-,9+;/m0.0./s1. The van der Waals surface area contributed by atoms with Crippen LogP contribution < -0.4 is 21.9 Å². The van der Waals surface area contributed by atoms with Gasteiger partial charge < -0.3 is 35.6 Å². The van der Waals surface area contributed by atoms with Gasteiger partial charge in [-0.25, -0.2) is 20.4 Å². The number of nitrogens with one attached hydrogen (secondary N) is 5. The van der Waals surface area contributed by atoms with Crippen molar-refractivity contribution in [1.29, 1.82) is 0 Å². The van der Waals surface area contributed by atoms with Crippen molar-refractivity contribution in [2.24, 2.45) is 22.0 Å². The molecular formula is C44H39ClN8O9. The van der Waals surface area contributed by atoms with Crippen LogP contribution in [0.5, 0.6) is 0 Å². The molecule has 4 heterocycles. The second-order valence-electron chi connectivity index (χ2n) is 14.7. The Hall–Kier alpha value is -7.79. The van der Waals surface area contributed by atoms with Crippen molar-refractivity contribution in [3.8, 4) is 0 Å². The number of nitrogen functional groups attached to an aromatic ring is 1. The van der Waals surface area contributed by atoms with Crippen LogP contribution in [0, 0.1) is 11.8 Å². The molecule has 4 atom stereocenters. The van der Waals surface area contributed by atoms with Crippen LogP contribution in [-0.2, 0) is 19.1 Å². The minimum absolute atomic E-state index is 0. The molecule has 2 aliphatic heterocycles. The summed E-state index contributed by atoms with van der Waals surface area (Å²) in [5, 5.41) is 20.4. The zero-order chi connectivity index (χ0) is 42.9. The van der Waals surface area contributed by atoms with Crippen LogP contribution in [0.3, 0.4) is 0 Å². The van der Waals surface area contributed by atoms with Gasteiger partial charge in [-0.15, -0.1) is 12.4 Å². The van der Waals surface area contributed by atoms with Crippen molar-refractivity contribution in [2.75, 3.05) is 25.3 Å². The van der Waals surface area contributed by atoms with Crippen LogP contribution in [0.25, 0.3) is 21.8 Å². The fraction of sp³-hybridized carbons (Fsp3) is 0.182. The Morgan fingerprint density at radius 3 is 1.65 bits per heavy atom. The highest BCUT2D eigenvalue weighted by Crippen LogP contribution is 2.48. The van der Waals surface area contributed by atoms with Crippen molar-refractivity contribution in [2.45, 2.75) is 24.7 Å². The van der Waals surface area contributed by atoms with Gasteiger partial charge >= 0.3 is 17.9 Å². The Morgan fingerprint density at radius 2 is 1.16 bits per heavy atom. The number of ether oxygens (including phenoxy) is 2. The van der Waals surface area contributed by atoms with Gasteiger partial charge in [-0.05, 0) is 60.1 Å². The number of H-pyrrole nitrogens is 2. The third kappa shape index (κ3) is 8.33. The zero-order valence-corrected chi connectivity index (χ0v) is 33.9. The molecular weight excluding hydrogens is 820 g/mol. The Morgan fingerprint density at radius 1 is 0.694 bits per heavy atom. The number of nitrogens with two attached hydrogens (primary N) is 1. The molecule has 6 aromatic rings. The van der Waals surface area contributed by atoms with Gasteiger partial charge in [-0.2, -0.15) is 10.2 Å². The molecule has 3 amide bonds. The first-order valence-electron chi connectivity index (χ1n) is 19.1. The van der Waals surface area contributed by atoms with Gasteiger partial charge in [0, 0.05) is 50.2 Å². The van der Waals surface area contributed by atoms with Gasteiger partial charge in [0.25, 0.3) is 11.8 Å². The van der Waals surface area contributed by atoms with Crippen molar-refractivity contribution in [1.82, 2.24) is 20.8 Å². The number of aromatic nitrogens is 2. The molecule has 316 valence electrons. The molecule has 2 aromatic heterocycles. The van der Waals surface area contributed by atoms with E-state index in [0.29, 0.717) is 55.4 Å². The number of halogens is 1. The minimum atomic E-state index is -0.663. The predicted octanol–water partition coefficient (Wildman–Crippen LogP) is 5.68. The highest BCUT2D eigenvalue weighted by atomic mass is 35.5. The third-order valence-corrected chi connectivity index (χ3v) is 10.8. The predicted molar refractivity (Wildman–Crippen MR) is 232 cm³/mol. The number of methoxy groups -OCH3 is 2. The van der Waals surface area contributed by atoms with Gasteiger partial charge in [-0.3, -0.25) is 19.2 Å². The second kappa shape index (κ2) is 17.4. The smallest absolute Gasteiger partial charge is 0.355 e. The number of carboxylic acid groups (broad SMARTS) is 1. The van der Waals surface area contributed by atoms with E-state index in [9.17, 15) is 28.8 Å². The monoisotopic (exact) mass is 858 g/mol. The summed E-state index contributed by atoms with van der Waals surface area (Å²) in [6.07, 6.45) is 4.42. The van der Waals surface area contributed by atoms with Crippen molar-refractivity contribution in [3.63, 3.8) is 0 Å². The van der Waals surface area contributed by atoms with E-state index in [0.717, 1.165) is 24.0 Å². The van der Waals surface area contributed by atoms with Crippen molar-refractivity contribution < 1.29 is 43.3 Å². The number of carbonyl (C=O) groups excluding carboxylic acids is 5. The number of carboxylic acids is 1. The number of aromatic amines is 2. The van der Waals surface area contributed by atoms with Crippen LogP contribution in [0.15, 0.2) is 95.1 Å². The number of anilines is 2. The summed E-state index contributed by atoms with van der Waals surface area (Å²) in [6, 6.07) is 26.3. The first kappa shape index (κ1) is 42.3. The van der Waals surface area contributed by atoms with E-state index in [4.69, 9.17) is 20.3 Å². The summed E-state index contributed by atoms with van der Waals surface area (Å²) in [7, 11) is 2.57. The quantitative estimate of drug-likeness (QED) is 0.0763. The largest absolute Gasteiger partial charge is 0.481 e. The number of nitrogens with zero attached hydrogens (tertiary/aromatic N) is 2. The lowest BCUT2D eigenvalue weighted by atomic mass is 10.0. The third-order valence-electron chi connectivity index (χ3n) is 10.8. The summed E-state index contributed by atoms with van der Waals surface area (Å²) < 4.78 is 9.52. The van der Waals surface area contributed by atoms with Gasteiger partial charge in [-0.1, -0.05) is 60.7 Å². The molecule has 0 radical (unpaired) electrons. The van der Waals surface area contributed by atoms with E-state index < -0.39 is 23.8 Å². The zero-order valence-electron chi connectivity index (χ0n) is 33.1. The normalized spacial score (nSPS) is 18.5. The van der Waals surface area contributed by atoms with Gasteiger partial charge in [0.1, 0.15) is 11.4 Å². The van der Waals surface area contributed by atoms with Crippen molar-refractivity contribution in [3.05, 3.63) is 130 Å². The van der Waals surface area contributed by atoms with E-state index >= 15 is 0 Å². The molecule has 8 N–H and O–H groups in total. The van der Waals surface area contributed by atoms with Crippen LogP contribution >= 0.6 is 12.4 Å². The maximum atomic E-state index is 12.8. The first-order valence-corrected chi connectivity index (χ1v) is 19.1. The number of aliphatic carboxylic acids is 1. The highest BCUT2D eigenvalue weighted by Gasteiger charge is 2.44. The lowest BCUT2D eigenvalue weighted by molar-refractivity contribution is -0.138. The number of amides is 3. The molecule has 17 nitrogen and oxygen atoms in total. The maximum Gasteiger partial charge on any atom is 0.355 e. The number of hydrazone groups is 2. The average molecular weight is 859 g/mol. The molecule has 0 saturated heterocycles. The molecule has 2 saturated carbocycles. The van der Waals surface area contributed by atoms with Crippen LogP contribution in [-0.4, -0.2) is 77.4 Å². The highest BCUT2D eigenvalue weighted by molar-refractivity contribution is 6.20. The van der Waals surface area contributed by atoms with Crippen LogP contribution in [0.4, 0.5) is 11.4 Å². The fourth-order valence-electron chi connectivity index (χ4n) is 7.71. The van der Waals surface area contributed by atoms with E-state index in [1.165, 1.54) is 26.6 Å². The Balaban J connectivity index is 0.000000154. The van der Waals surface area contributed by atoms with E-state index in [-0.39, 0.29) is 59.3 Å². The Kier molecular flexibility index (Phi) is 11.9. The van der Waals surface area contributed by atoms with Crippen LogP contribution in [0.1, 0.15) is 88.6 Å². The molecule has 4 aliphatic rings. The van der Waals surface area contributed by atoms with E-state index in [2.05, 4.69) is 36.3 Å². The topological polar surface area (TPSA) is 260 Å². The summed E-state index contributed by atoms with van der Waals surface area (Å²) in [4.78, 5) is 77.4. The number of esters is 2. The SMILES string of the molecule is COC(=O)c1[nH]c2cc(N)cc3c2c1C=NNC3=O.COC(=O)c1[nH]c2cc(NC(=O)[C@@H]3C[C@H]3c3ccccc3)cc3c2c1C=NNC3=O.Cl.O=C(O)[C@@H]1C[C@H]1c1ccccc1. The Bertz CT molecular complexity index is 2840. The van der Waals surface area contributed by atoms with E-state index in [1.807, 2.05) is 60.7 Å². The number of carbonyl (C=O) groups is 6. The Labute approximate surface area is 358 Å². The molecule has 0 unspecified atom stereocenters. The molecule has 4 aromatic carbocycles. The summed E-state index contributed by atoms with van der Waals surface area (Å²) in [5.41, 5.74) is 17.0. The summed E-state index contributed by atoms with van der Waals surface area (Å²) in [5.74, 6) is -2.42. The molecule has 2 fully saturated rings. The minimum Gasteiger partial charge on any atom is -0.481 e. The van der Waals surface area contributed by atoms with Gasteiger partial charge in [0.2, 0.25) is 5.91 Å². The maximum absolute atomic E-state index is 12.8. The van der Waals surface area contributed by atoms with E-state index in [1.54, 1.807) is 24.3 Å². The van der Waals surface area contributed by atoms with Gasteiger partial charge in [0.05, 0.1) is 43.7 Å². The number of benzene rings is 4. The molecule has 10 rings (SSSR count). The fourth-order valence-corrected chi connectivity index (χ4v) is 7.71. The molecule has 0 bridgehead atoms. The molecule has 62 heavy (non-hydrogen) atoms. The number of rotatable bonds is 7. The summed E-state index contributed by atoms with van der Waals surface area (Å²) in [6.45, 7) is 0. The van der Waals surface area contributed by atoms with Crippen LogP contribution in [0.2, 0.25) is 0 Å². The first-order chi connectivity index (χ1) is 29.5. The lowest BCUT2D eigenvalue weighted by Gasteiger charge is -2.08. The molecule has 2 aliphatic carbocycles. The molecule has 0 spiro atoms. The summed E-state index contributed by atoms with van der Waals surface area (Å²) >= 11 is 0. The van der Waals surface area contributed by atoms with Gasteiger partial charge in [0.15, 0.2) is 0 Å². The average Bonchev–Trinajstić information content (AvgIpc) is 4.19. The number of hydrogen-bond donors (Lipinski definition) is 7. The molecule has 18 heteroatoms. The second-order valence-corrected chi connectivity index (χ2v) is 14.7. The number of hydrogen-bond acceptors (Lipinski definition) is 11. The lowest BCUT2D eigenvalue weighted by Crippen LogP contribution is -2.18. The van der Waals surface area contributed by atoms with Crippen molar-refractivity contribution >= 4 is 93.6 Å².